The smallest absolute Gasteiger partial charge is 0.255 e. The molecule has 3 rings (SSSR count). The lowest BCUT2D eigenvalue weighted by atomic mass is 10.1. The molecular formula is C21H25ClN2O5S. The van der Waals surface area contributed by atoms with Gasteiger partial charge < -0.3 is 14.8 Å². The monoisotopic (exact) mass is 452 g/mol. The second-order valence-corrected chi connectivity index (χ2v) is 9.21. The average Bonchev–Trinajstić information content (AvgIpc) is 2.75. The molecule has 0 unspecified atom stereocenters. The van der Waals surface area contributed by atoms with E-state index in [1.807, 2.05) is 6.92 Å². The molecule has 1 aliphatic heterocycles. The molecule has 0 bridgehead atoms. The van der Waals surface area contributed by atoms with Crippen LogP contribution in [0.4, 0.5) is 5.69 Å². The minimum atomic E-state index is -3.59. The number of carbonyl (C=O) groups is 1. The van der Waals surface area contributed by atoms with Gasteiger partial charge in [0.1, 0.15) is 0 Å². The molecule has 162 valence electrons. The van der Waals surface area contributed by atoms with Gasteiger partial charge in [0.15, 0.2) is 11.5 Å². The number of amides is 1. The van der Waals surface area contributed by atoms with Crippen LogP contribution in [0, 0.1) is 0 Å². The fourth-order valence-electron chi connectivity index (χ4n) is 3.33. The topological polar surface area (TPSA) is 84.9 Å². The van der Waals surface area contributed by atoms with Crippen molar-refractivity contribution in [2.75, 3.05) is 32.1 Å². The fourth-order valence-corrected chi connectivity index (χ4v) is 5.16. The van der Waals surface area contributed by atoms with Crippen LogP contribution >= 0.6 is 11.6 Å². The third kappa shape index (κ3) is 4.88. The summed E-state index contributed by atoms with van der Waals surface area (Å²) in [5.41, 5.74) is 0.645. The van der Waals surface area contributed by atoms with Crippen LogP contribution in [0.5, 0.6) is 11.5 Å². The first kappa shape index (κ1) is 22.4. The molecule has 1 saturated heterocycles. The predicted molar refractivity (Wildman–Crippen MR) is 116 cm³/mol. The molecule has 2 aromatic rings. The molecule has 2 aromatic carbocycles. The zero-order valence-corrected chi connectivity index (χ0v) is 18.6. The second-order valence-electron chi connectivity index (χ2n) is 6.87. The summed E-state index contributed by atoms with van der Waals surface area (Å²) in [4.78, 5) is 12.9. The van der Waals surface area contributed by atoms with E-state index in [0.29, 0.717) is 36.9 Å². The van der Waals surface area contributed by atoms with Gasteiger partial charge in [-0.05, 0) is 50.1 Å². The molecule has 9 heteroatoms. The second kappa shape index (κ2) is 9.68. The molecule has 0 aliphatic carbocycles. The Kier molecular flexibility index (Phi) is 7.23. The van der Waals surface area contributed by atoms with Crippen molar-refractivity contribution in [3.8, 4) is 11.5 Å². The Balaban J connectivity index is 1.82. The normalized spacial score (nSPS) is 14.9. The minimum Gasteiger partial charge on any atom is -0.493 e. The SMILES string of the molecule is CCOc1c(Cl)cc(C(=O)Nc2cccc(S(=O)(=O)N3CCCCC3)c2)cc1OC. The van der Waals surface area contributed by atoms with Crippen molar-refractivity contribution in [2.45, 2.75) is 31.1 Å². The standard InChI is InChI=1S/C21H25ClN2O5S/c1-3-29-20-18(22)12-15(13-19(20)28-2)21(25)23-16-8-7-9-17(14-16)30(26,27)24-10-5-4-6-11-24/h7-9,12-14H,3-6,10-11H2,1-2H3,(H,23,25). The van der Waals surface area contributed by atoms with Crippen LogP contribution in [-0.2, 0) is 10.0 Å². The van der Waals surface area contributed by atoms with E-state index < -0.39 is 15.9 Å². The Morgan fingerprint density at radius 1 is 1.17 bits per heavy atom. The van der Waals surface area contributed by atoms with E-state index in [1.54, 1.807) is 12.1 Å². The zero-order chi connectivity index (χ0) is 21.7. The van der Waals surface area contributed by atoms with E-state index in [4.69, 9.17) is 21.1 Å². The fraction of sp³-hybridized carbons (Fsp3) is 0.381. The van der Waals surface area contributed by atoms with E-state index in [2.05, 4.69) is 5.32 Å². The Hall–Kier alpha value is -2.29. The summed E-state index contributed by atoms with van der Waals surface area (Å²) >= 11 is 6.24. The first-order valence-corrected chi connectivity index (χ1v) is 11.6. The van der Waals surface area contributed by atoms with Gasteiger partial charge in [-0.15, -0.1) is 0 Å². The van der Waals surface area contributed by atoms with Crippen LogP contribution in [0.15, 0.2) is 41.3 Å². The summed E-state index contributed by atoms with van der Waals surface area (Å²) in [6, 6.07) is 9.27. The molecule has 1 aliphatic rings. The highest BCUT2D eigenvalue weighted by Crippen LogP contribution is 2.36. The third-order valence-corrected chi connectivity index (χ3v) is 7.00. The highest BCUT2D eigenvalue weighted by molar-refractivity contribution is 7.89. The molecule has 0 radical (unpaired) electrons. The summed E-state index contributed by atoms with van der Waals surface area (Å²) in [7, 11) is -2.13. The van der Waals surface area contributed by atoms with Crippen molar-refractivity contribution in [3.63, 3.8) is 0 Å². The summed E-state index contributed by atoms with van der Waals surface area (Å²) in [5, 5.41) is 2.98. The number of ether oxygens (including phenoxy) is 2. The number of piperidine rings is 1. The molecule has 0 aromatic heterocycles. The van der Waals surface area contributed by atoms with Crippen molar-refractivity contribution in [2.24, 2.45) is 0 Å². The van der Waals surface area contributed by atoms with E-state index in [0.717, 1.165) is 19.3 Å². The van der Waals surface area contributed by atoms with Crippen molar-refractivity contribution >= 4 is 33.2 Å². The van der Waals surface area contributed by atoms with Gasteiger partial charge in [0.2, 0.25) is 10.0 Å². The van der Waals surface area contributed by atoms with Gasteiger partial charge in [-0.25, -0.2) is 8.42 Å². The first-order valence-electron chi connectivity index (χ1n) is 9.78. The lowest BCUT2D eigenvalue weighted by Gasteiger charge is -2.26. The molecule has 30 heavy (non-hydrogen) atoms. The van der Waals surface area contributed by atoms with Gasteiger partial charge in [0, 0.05) is 24.3 Å². The third-order valence-electron chi connectivity index (χ3n) is 4.83. The number of hydrogen-bond donors (Lipinski definition) is 1. The maximum absolute atomic E-state index is 12.9. The molecule has 1 heterocycles. The highest BCUT2D eigenvalue weighted by atomic mass is 35.5. The Labute approximate surface area is 182 Å². The number of carbonyl (C=O) groups excluding carboxylic acids is 1. The molecule has 0 atom stereocenters. The van der Waals surface area contributed by atoms with E-state index in [-0.39, 0.29) is 15.5 Å². The minimum absolute atomic E-state index is 0.157. The molecule has 1 amide bonds. The predicted octanol–water partition coefficient (Wildman–Crippen LogP) is 4.17. The van der Waals surface area contributed by atoms with Gasteiger partial charge >= 0.3 is 0 Å². The number of halogens is 1. The maximum Gasteiger partial charge on any atom is 0.255 e. The highest BCUT2D eigenvalue weighted by Gasteiger charge is 2.26. The maximum atomic E-state index is 12.9. The van der Waals surface area contributed by atoms with Gasteiger partial charge in [-0.2, -0.15) is 4.31 Å². The van der Waals surface area contributed by atoms with Gasteiger partial charge in [0.25, 0.3) is 5.91 Å². The van der Waals surface area contributed by atoms with Crippen LogP contribution < -0.4 is 14.8 Å². The van der Waals surface area contributed by atoms with Crippen LogP contribution in [0.2, 0.25) is 5.02 Å². The number of sulfonamides is 1. The molecule has 0 spiro atoms. The number of methoxy groups -OCH3 is 1. The number of rotatable bonds is 7. The molecule has 7 nitrogen and oxygen atoms in total. The van der Waals surface area contributed by atoms with E-state index in [9.17, 15) is 13.2 Å². The number of anilines is 1. The average molecular weight is 453 g/mol. The van der Waals surface area contributed by atoms with E-state index in [1.165, 1.54) is 35.7 Å². The van der Waals surface area contributed by atoms with Gasteiger partial charge in [-0.1, -0.05) is 24.1 Å². The summed E-state index contributed by atoms with van der Waals surface area (Å²) in [6.45, 7) is 3.26. The summed E-state index contributed by atoms with van der Waals surface area (Å²) in [6.07, 6.45) is 2.75. The zero-order valence-electron chi connectivity index (χ0n) is 17.0. The molecule has 0 saturated carbocycles. The van der Waals surface area contributed by atoms with Crippen molar-refractivity contribution in [1.29, 1.82) is 0 Å². The number of nitrogens with zero attached hydrogens (tertiary/aromatic N) is 1. The Morgan fingerprint density at radius 3 is 2.57 bits per heavy atom. The van der Waals surface area contributed by atoms with Crippen LogP contribution in [0.25, 0.3) is 0 Å². The first-order chi connectivity index (χ1) is 14.4. The number of benzene rings is 2. The lowest BCUT2D eigenvalue weighted by molar-refractivity contribution is 0.102. The summed E-state index contributed by atoms with van der Waals surface area (Å²) in [5.74, 6) is 0.273. The van der Waals surface area contributed by atoms with Crippen LogP contribution in [0.3, 0.4) is 0 Å². The molecular weight excluding hydrogens is 428 g/mol. The van der Waals surface area contributed by atoms with Crippen LogP contribution in [-0.4, -0.2) is 45.4 Å². The van der Waals surface area contributed by atoms with E-state index >= 15 is 0 Å². The van der Waals surface area contributed by atoms with Crippen molar-refractivity contribution in [3.05, 3.63) is 47.0 Å². The Bertz CT molecular complexity index is 1020. The Morgan fingerprint density at radius 2 is 1.90 bits per heavy atom. The van der Waals surface area contributed by atoms with Crippen molar-refractivity contribution < 1.29 is 22.7 Å². The quantitative estimate of drug-likeness (QED) is 0.681. The summed E-state index contributed by atoms with van der Waals surface area (Å²) < 4.78 is 38.0. The number of hydrogen-bond acceptors (Lipinski definition) is 5. The van der Waals surface area contributed by atoms with Crippen molar-refractivity contribution in [1.82, 2.24) is 4.31 Å². The molecule has 1 N–H and O–H groups in total. The van der Waals surface area contributed by atoms with Gasteiger partial charge in [0.05, 0.1) is 23.6 Å². The lowest BCUT2D eigenvalue weighted by Crippen LogP contribution is -2.35. The van der Waals surface area contributed by atoms with Gasteiger partial charge in [-0.3, -0.25) is 4.79 Å². The largest absolute Gasteiger partial charge is 0.493 e. The number of nitrogens with one attached hydrogen (secondary N) is 1. The van der Waals surface area contributed by atoms with Crippen LogP contribution in [0.1, 0.15) is 36.5 Å². The molecule has 1 fully saturated rings.